The molecule has 0 amide bonds. The van der Waals surface area contributed by atoms with Gasteiger partial charge in [0.15, 0.2) is 0 Å². The number of hydrogen-bond donors (Lipinski definition) is 2. The third kappa shape index (κ3) is 2.98. The molecule has 1 atom stereocenters. The predicted octanol–water partition coefficient (Wildman–Crippen LogP) is 3.59. The molecule has 0 saturated carbocycles. The molecule has 1 rings (SSSR count). The van der Waals surface area contributed by atoms with Crippen LogP contribution in [0, 0.1) is 12.8 Å². The standard InChI is InChI=1S/C14H28N4/c1-7-12(8-2)10(5)16-14-13(15)11(6)17-18(14)9(3)4/h9-10,12,16H,7-8,15H2,1-6H3. The number of rotatable bonds is 6. The van der Waals surface area contributed by atoms with Crippen LogP contribution in [0.1, 0.15) is 59.2 Å². The molecule has 0 radical (unpaired) electrons. The van der Waals surface area contributed by atoms with Gasteiger partial charge >= 0.3 is 0 Å². The molecule has 1 aromatic heterocycles. The second kappa shape index (κ2) is 6.12. The maximum absolute atomic E-state index is 6.13. The number of aromatic nitrogens is 2. The minimum absolute atomic E-state index is 0.317. The molecule has 0 spiro atoms. The maximum Gasteiger partial charge on any atom is 0.148 e. The van der Waals surface area contributed by atoms with Gasteiger partial charge in [-0.05, 0) is 33.6 Å². The maximum atomic E-state index is 6.13. The molecule has 4 heteroatoms. The summed E-state index contributed by atoms with van der Waals surface area (Å²) in [4.78, 5) is 0. The fourth-order valence-corrected chi connectivity index (χ4v) is 2.41. The molecular formula is C14H28N4. The molecule has 0 saturated heterocycles. The molecule has 0 bridgehead atoms. The van der Waals surface area contributed by atoms with Gasteiger partial charge in [0.05, 0.1) is 11.4 Å². The van der Waals surface area contributed by atoms with Crippen molar-refractivity contribution in [3.05, 3.63) is 5.69 Å². The molecule has 18 heavy (non-hydrogen) atoms. The van der Waals surface area contributed by atoms with E-state index in [2.05, 4.69) is 45.0 Å². The number of hydrogen-bond acceptors (Lipinski definition) is 3. The second-order valence-electron chi connectivity index (χ2n) is 5.40. The van der Waals surface area contributed by atoms with Crippen LogP contribution in [-0.4, -0.2) is 15.8 Å². The Balaban J connectivity index is 2.96. The van der Waals surface area contributed by atoms with Gasteiger partial charge in [-0.3, -0.25) is 0 Å². The van der Waals surface area contributed by atoms with Crippen LogP contribution in [-0.2, 0) is 0 Å². The minimum atomic E-state index is 0.317. The van der Waals surface area contributed by atoms with Gasteiger partial charge < -0.3 is 11.1 Å². The lowest BCUT2D eigenvalue weighted by Crippen LogP contribution is -2.27. The van der Waals surface area contributed by atoms with Crippen molar-refractivity contribution in [1.29, 1.82) is 0 Å². The summed E-state index contributed by atoms with van der Waals surface area (Å²) >= 11 is 0. The Morgan fingerprint density at radius 2 is 1.78 bits per heavy atom. The van der Waals surface area contributed by atoms with Crippen LogP contribution < -0.4 is 11.1 Å². The monoisotopic (exact) mass is 252 g/mol. The summed E-state index contributed by atoms with van der Waals surface area (Å²) in [5.74, 6) is 1.64. The minimum Gasteiger partial charge on any atom is -0.394 e. The van der Waals surface area contributed by atoms with E-state index in [0.29, 0.717) is 18.0 Å². The summed E-state index contributed by atoms with van der Waals surface area (Å²) in [6, 6.07) is 0.730. The Labute approximate surface area is 111 Å². The Morgan fingerprint density at radius 3 is 2.22 bits per heavy atom. The molecule has 0 fully saturated rings. The van der Waals surface area contributed by atoms with Crippen LogP contribution >= 0.6 is 0 Å². The molecule has 1 aromatic rings. The van der Waals surface area contributed by atoms with E-state index in [1.54, 1.807) is 0 Å². The highest BCUT2D eigenvalue weighted by atomic mass is 15.4. The fourth-order valence-electron chi connectivity index (χ4n) is 2.41. The Kier molecular flexibility index (Phi) is 5.05. The summed E-state index contributed by atoms with van der Waals surface area (Å²) in [5.41, 5.74) is 7.81. The molecule has 0 aromatic carbocycles. The van der Waals surface area contributed by atoms with Crippen LogP contribution in [0.3, 0.4) is 0 Å². The molecular weight excluding hydrogens is 224 g/mol. The summed E-state index contributed by atoms with van der Waals surface area (Å²) in [5, 5.41) is 8.06. The molecule has 1 heterocycles. The summed E-state index contributed by atoms with van der Waals surface area (Å²) in [6.45, 7) is 12.9. The zero-order valence-corrected chi connectivity index (χ0v) is 12.6. The number of nitrogens with two attached hydrogens (primary N) is 1. The van der Waals surface area contributed by atoms with Gasteiger partial charge in [0, 0.05) is 12.1 Å². The largest absolute Gasteiger partial charge is 0.394 e. The van der Waals surface area contributed by atoms with Crippen LogP contribution in [0.5, 0.6) is 0 Å². The second-order valence-corrected chi connectivity index (χ2v) is 5.40. The Morgan fingerprint density at radius 1 is 1.22 bits per heavy atom. The van der Waals surface area contributed by atoms with E-state index in [1.807, 2.05) is 11.6 Å². The lowest BCUT2D eigenvalue weighted by molar-refractivity contribution is 0.432. The summed E-state index contributed by atoms with van der Waals surface area (Å²) in [6.07, 6.45) is 2.36. The summed E-state index contributed by atoms with van der Waals surface area (Å²) < 4.78 is 1.99. The van der Waals surface area contributed by atoms with Crippen LogP contribution in [0.25, 0.3) is 0 Å². The van der Waals surface area contributed by atoms with E-state index in [1.165, 1.54) is 12.8 Å². The molecule has 0 aliphatic rings. The lowest BCUT2D eigenvalue weighted by Gasteiger charge is -2.25. The van der Waals surface area contributed by atoms with Crippen molar-refractivity contribution < 1.29 is 0 Å². The highest BCUT2D eigenvalue weighted by Crippen LogP contribution is 2.28. The summed E-state index contributed by atoms with van der Waals surface area (Å²) in [7, 11) is 0. The molecule has 0 aliphatic carbocycles. The number of nitrogens with zero attached hydrogens (tertiary/aromatic N) is 2. The van der Waals surface area contributed by atoms with Gasteiger partial charge in [-0.25, -0.2) is 4.68 Å². The topological polar surface area (TPSA) is 55.9 Å². The van der Waals surface area contributed by atoms with Gasteiger partial charge in [-0.2, -0.15) is 5.10 Å². The first kappa shape index (κ1) is 14.9. The number of nitrogens with one attached hydrogen (secondary N) is 1. The normalized spacial score (nSPS) is 13.3. The number of anilines is 2. The van der Waals surface area contributed by atoms with E-state index >= 15 is 0 Å². The van der Waals surface area contributed by atoms with Crippen molar-refractivity contribution in [3.8, 4) is 0 Å². The highest BCUT2D eigenvalue weighted by molar-refractivity contribution is 5.65. The lowest BCUT2D eigenvalue weighted by atomic mass is 9.95. The SMILES string of the molecule is CCC(CC)C(C)Nc1c(N)c(C)nn1C(C)C. The molecule has 1 unspecified atom stereocenters. The van der Waals surface area contributed by atoms with Crippen molar-refractivity contribution in [2.45, 2.75) is 66.5 Å². The first-order valence-corrected chi connectivity index (χ1v) is 7.03. The molecule has 3 N–H and O–H groups in total. The molecule has 0 aliphatic heterocycles. The highest BCUT2D eigenvalue weighted by Gasteiger charge is 2.19. The van der Waals surface area contributed by atoms with Crippen molar-refractivity contribution in [2.75, 3.05) is 11.1 Å². The fraction of sp³-hybridized carbons (Fsp3) is 0.786. The van der Waals surface area contributed by atoms with Gasteiger partial charge in [0.1, 0.15) is 5.82 Å². The van der Waals surface area contributed by atoms with E-state index in [-0.39, 0.29) is 0 Å². The van der Waals surface area contributed by atoms with Crippen molar-refractivity contribution in [3.63, 3.8) is 0 Å². The van der Waals surface area contributed by atoms with E-state index in [9.17, 15) is 0 Å². The van der Waals surface area contributed by atoms with E-state index < -0.39 is 0 Å². The first-order valence-electron chi connectivity index (χ1n) is 7.03. The average molecular weight is 252 g/mol. The van der Waals surface area contributed by atoms with E-state index in [0.717, 1.165) is 17.2 Å². The third-order valence-electron chi connectivity index (χ3n) is 3.74. The van der Waals surface area contributed by atoms with Crippen molar-refractivity contribution in [2.24, 2.45) is 5.92 Å². The van der Waals surface area contributed by atoms with Gasteiger partial charge in [0.25, 0.3) is 0 Å². The van der Waals surface area contributed by atoms with Gasteiger partial charge in [0.2, 0.25) is 0 Å². The average Bonchev–Trinajstić information content (AvgIpc) is 2.59. The van der Waals surface area contributed by atoms with Gasteiger partial charge in [-0.1, -0.05) is 26.7 Å². The zero-order chi connectivity index (χ0) is 13.9. The van der Waals surface area contributed by atoms with Crippen molar-refractivity contribution >= 4 is 11.5 Å². The smallest absolute Gasteiger partial charge is 0.148 e. The third-order valence-corrected chi connectivity index (χ3v) is 3.74. The van der Waals surface area contributed by atoms with E-state index in [4.69, 9.17) is 5.73 Å². The number of aryl methyl sites for hydroxylation is 1. The van der Waals surface area contributed by atoms with Crippen molar-refractivity contribution in [1.82, 2.24) is 9.78 Å². The van der Waals surface area contributed by atoms with Crippen LogP contribution in [0.4, 0.5) is 11.5 Å². The number of nitrogen functional groups attached to an aromatic ring is 1. The Hall–Kier alpha value is -1.19. The Bertz CT molecular complexity index is 377. The molecule has 104 valence electrons. The first-order chi connectivity index (χ1) is 8.42. The predicted molar refractivity (Wildman–Crippen MR) is 78.9 cm³/mol. The quantitative estimate of drug-likeness (QED) is 0.813. The van der Waals surface area contributed by atoms with Crippen LogP contribution in [0.2, 0.25) is 0 Å². The molecule has 4 nitrogen and oxygen atoms in total. The van der Waals surface area contributed by atoms with Gasteiger partial charge in [-0.15, -0.1) is 0 Å². The zero-order valence-electron chi connectivity index (χ0n) is 12.6. The van der Waals surface area contributed by atoms with Crippen LogP contribution in [0.15, 0.2) is 0 Å².